The van der Waals surface area contributed by atoms with Crippen LogP contribution in [0.5, 0.6) is 0 Å². The van der Waals surface area contributed by atoms with E-state index in [1.165, 1.54) is 6.20 Å². The third-order valence-corrected chi connectivity index (χ3v) is 4.95. The summed E-state index contributed by atoms with van der Waals surface area (Å²) in [6.07, 6.45) is 3.81. The number of piperidine rings is 3. The Morgan fingerprint density at radius 3 is 2.92 bits per heavy atom. The number of nitrogens with one attached hydrogen (secondary N) is 1. The Balaban J connectivity index is 1.48. The highest BCUT2D eigenvalue weighted by Gasteiger charge is 2.35. The Bertz CT molecular complexity index is 799. The van der Waals surface area contributed by atoms with Crippen LogP contribution in [0, 0.1) is 17.2 Å². The molecule has 0 saturated carbocycles. The Morgan fingerprint density at radius 1 is 1.38 bits per heavy atom. The molecule has 1 N–H and O–H groups in total. The summed E-state index contributed by atoms with van der Waals surface area (Å²) in [5.74, 6) is 0.854. The highest BCUT2D eigenvalue weighted by Crippen LogP contribution is 2.28. The average Bonchev–Trinajstić information content (AvgIpc) is 3.13. The predicted octanol–water partition coefficient (Wildman–Crippen LogP) is 2.04. The van der Waals surface area contributed by atoms with Crippen molar-refractivity contribution in [3.05, 3.63) is 41.9 Å². The zero-order valence-electron chi connectivity index (χ0n) is 13.2. The van der Waals surface area contributed by atoms with E-state index in [2.05, 4.69) is 21.3 Å². The maximum Gasteiger partial charge on any atom is 0.307 e. The second-order valence-corrected chi connectivity index (χ2v) is 6.44. The number of benzene rings is 1. The molecule has 1 aromatic heterocycles. The lowest BCUT2D eigenvalue weighted by Crippen LogP contribution is -2.57. The van der Waals surface area contributed by atoms with Crippen LogP contribution in [0.2, 0.25) is 0 Å². The summed E-state index contributed by atoms with van der Waals surface area (Å²) in [5.41, 5.74) is 1.28. The minimum absolute atomic E-state index is 0.0730. The van der Waals surface area contributed by atoms with E-state index in [1.54, 1.807) is 18.2 Å². The van der Waals surface area contributed by atoms with Gasteiger partial charge in [-0.3, -0.25) is 4.79 Å². The van der Waals surface area contributed by atoms with Crippen LogP contribution in [-0.4, -0.2) is 41.5 Å². The molecular weight excluding hydrogens is 304 g/mol. The van der Waals surface area contributed by atoms with E-state index < -0.39 is 0 Å². The van der Waals surface area contributed by atoms with Crippen LogP contribution in [0.4, 0.5) is 0 Å². The minimum Gasteiger partial charge on any atom is -0.432 e. The van der Waals surface area contributed by atoms with E-state index in [4.69, 9.17) is 9.68 Å². The van der Waals surface area contributed by atoms with Crippen molar-refractivity contribution in [2.24, 2.45) is 5.92 Å². The van der Waals surface area contributed by atoms with Gasteiger partial charge in [0.15, 0.2) is 5.76 Å². The summed E-state index contributed by atoms with van der Waals surface area (Å²) in [5, 5.41) is 12.0. The van der Waals surface area contributed by atoms with Crippen LogP contribution in [0.15, 0.2) is 34.9 Å². The molecule has 0 spiro atoms. The van der Waals surface area contributed by atoms with Crippen LogP contribution in [0.1, 0.15) is 29.1 Å². The SMILES string of the molecule is N#Cc1cccc(-c2cnc(C(=O)N[C@H]3CN4CCC3CC4)o2)c1. The fraction of sp³-hybridized carbons (Fsp3) is 0.389. The van der Waals surface area contributed by atoms with Crippen molar-refractivity contribution in [2.75, 3.05) is 19.6 Å². The predicted molar refractivity (Wildman–Crippen MR) is 87.1 cm³/mol. The summed E-state index contributed by atoms with van der Waals surface area (Å²) in [6.45, 7) is 3.18. The minimum atomic E-state index is -0.267. The largest absolute Gasteiger partial charge is 0.432 e. The topological polar surface area (TPSA) is 82.2 Å². The first-order chi connectivity index (χ1) is 11.7. The molecule has 3 aliphatic heterocycles. The number of carbonyl (C=O) groups is 1. The first-order valence-corrected chi connectivity index (χ1v) is 8.22. The van der Waals surface area contributed by atoms with Gasteiger partial charge >= 0.3 is 5.91 Å². The van der Waals surface area contributed by atoms with E-state index in [0.29, 0.717) is 17.2 Å². The van der Waals surface area contributed by atoms with Crippen LogP contribution < -0.4 is 5.32 Å². The van der Waals surface area contributed by atoms with E-state index in [1.807, 2.05) is 6.07 Å². The lowest BCUT2D eigenvalue weighted by Gasteiger charge is -2.44. The summed E-state index contributed by atoms with van der Waals surface area (Å²) in [6, 6.07) is 9.32. The monoisotopic (exact) mass is 322 g/mol. The zero-order valence-corrected chi connectivity index (χ0v) is 13.2. The first-order valence-electron chi connectivity index (χ1n) is 8.22. The summed E-state index contributed by atoms with van der Waals surface area (Å²) < 4.78 is 5.61. The molecule has 1 amide bonds. The quantitative estimate of drug-likeness (QED) is 0.935. The third kappa shape index (κ3) is 2.79. The van der Waals surface area contributed by atoms with Crippen molar-refractivity contribution < 1.29 is 9.21 Å². The highest BCUT2D eigenvalue weighted by molar-refractivity contribution is 5.90. The summed E-state index contributed by atoms with van der Waals surface area (Å²) in [7, 11) is 0. The maximum atomic E-state index is 12.4. The van der Waals surface area contributed by atoms with Crippen molar-refractivity contribution in [1.82, 2.24) is 15.2 Å². The fourth-order valence-corrected chi connectivity index (χ4v) is 3.61. The van der Waals surface area contributed by atoms with Crippen LogP contribution >= 0.6 is 0 Å². The number of hydrogen-bond acceptors (Lipinski definition) is 5. The standard InChI is InChI=1S/C18H18N4O2/c19-9-12-2-1-3-14(8-12)16-10-20-18(24-16)17(23)21-15-11-22-6-4-13(15)5-7-22/h1-3,8,10,13,15H,4-7,11H2,(H,21,23)/t15-/m0/s1. The maximum absolute atomic E-state index is 12.4. The van der Waals surface area contributed by atoms with Crippen molar-refractivity contribution in [3.8, 4) is 17.4 Å². The molecule has 3 saturated heterocycles. The molecule has 6 heteroatoms. The number of oxazole rings is 1. The molecule has 1 atom stereocenters. The van der Waals surface area contributed by atoms with Gasteiger partial charge in [0.2, 0.25) is 0 Å². The van der Waals surface area contributed by atoms with Gasteiger partial charge in [0, 0.05) is 18.2 Å². The van der Waals surface area contributed by atoms with E-state index >= 15 is 0 Å². The lowest BCUT2D eigenvalue weighted by molar-refractivity contribution is 0.0602. The Kier molecular flexibility index (Phi) is 3.79. The van der Waals surface area contributed by atoms with Crippen molar-refractivity contribution in [1.29, 1.82) is 5.26 Å². The average molecular weight is 322 g/mol. The Hall–Kier alpha value is -2.65. The molecule has 2 aromatic rings. The molecule has 2 bridgehead atoms. The molecule has 24 heavy (non-hydrogen) atoms. The molecule has 3 fully saturated rings. The van der Waals surface area contributed by atoms with Crippen LogP contribution in [0.25, 0.3) is 11.3 Å². The van der Waals surface area contributed by atoms with Crippen molar-refractivity contribution in [3.63, 3.8) is 0 Å². The van der Waals surface area contributed by atoms with Gasteiger partial charge in [0.25, 0.3) is 5.89 Å². The van der Waals surface area contributed by atoms with E-state index in [0.717, 1.165) is 38.0 Å². The smallest absolute Gasteiger partial charge is 0.307 e. The number of nitrogens with zero attached hydrogens (tertiary/aromatic N) is 3. The number of carbonyl (C=O) groups excluding carboxylic acids is 1. The molecular formula is C18H18N4O2. The first kappa shape index (κ1) is 14.9. The lowest BCUT2D eigenvalue weighted by atomic mass is 9.84. The van der Waals surface area contributed by atoms with Crippen molar-refractivity contribution in [2.45, 2.75) is 18.9 Å². The number of fused-ring (bicyclic) bond motifs is 3. The highest BCUT2D eigenvalue weighted by atomic mass is 16.4. The summed E-state index contributed by atoms with van der Waals surface area (Å²) >= 11 is 0. The number of aromatic nitrogens is 1. The number of nitriles is 1. The van der Waals surface area contributed by atoms with Gasteiger partial charge in [-0.15, -0.1) is 0 Å². The Morgan fingerprint density at radius 2 is 2.21 bits per heavy atom. The van der Waals surface area contributed by atoms with Crippen LogP contribution in [0.3, 0.4) is 0 Å². The molecule has 6 nitrogen and oxygen atoms in total. The molecule has 0 aliphatic carbocycles. The normalized spacial score (nSPS) is 25.2. The van der Waals surface area contributed by atoms with E-state index in [9.17, 15) is 4.79 Å². The second-order valence-electron chi connectivity index (χ2n) is 6.44. The molecule has 1 aromatic carbocycles. The Labute approximate surface area is 140 Å². The second kappa shape index (κ2) is 6.10. The van der Waals surface area contributed by atoms with Crippen molar-refractivity contribution >= 4 is 5.91 Å². The molecule has 3 aliphatic rings. The van der Waals surface area contributed by atoms with Gasteiger partial charge in [0.1, 0.15) is 0 Å². The molecule has 122 valence electrons. The fourth-order valence-electron chi connectivity index (χ4n) is 3.61. The number of hydrogen-bond donors (Lipinski definition) is 1. The van der Waals surface area contributed by atoms with E-state index in [-0.39, 0.29) is 17.8 Å². The van der Waals surface area contributed by atoms with Crippen LogP contribution in [-0.2, 0) is 0 Å². The molecule has 0 radical (unpaired) electrons. The summed E-state index contributed by atoms with van der Waals surface area (Å²) in [4.78, 5) is 18.9. The zero-order chi connectivity index (χ0) is 16.5. The van der Waals surface area contributed by atoms with Gasteiger partial charge < -0.3 is 14.6 Å². The molecule has 4 heterocycles. The van der Waals surface area contributed by atoms with Gasteiger partial charge in [0.05, 0.1) is 17.8 Å². The number of rotatable bonds is 3. The number of amides is 1. The van der Waals surface area contributed by atoms with Gasteiger partial charge in [-0.1, -0.05) is 12.1 Å². The van der Waals surface area contributed by atoms with Gasteiger partial charge in [-0.05, 0) is 44.0 Å². The van der Waals surface area contributed by atoms with Gasteiger partial charge in [-0.25, -0.2) is 4.98 Å². The molecule has 0 unspecified atom stereocenters. The third-order valence-electron chi connectivity index (χ3n) is 4.95. The molecule has 5 rings (SSSR count). The van der Waals surface area contributed by atoms with Gasteiger partial charge in [-0.2, -0.15) is 5.26 Å².